The highest BCUT2D eigenvalue weighted by Crippen LogP contribution is 2.41. The summed E-state index contributed by atoms with van der Waals surface area (Å²) in [7, 11) is 6.26. The summed E-state index contributed by atoms with van der Waals surface area (Å²) in [6.07, 6.45) is 1.72. The van der Waals surface area contributed by atoms with Gasteiger partial charge in [-0.25, -0.2) is 0 Å². The van der Waals surface area contributed by atoms with E-state index in [-0.39, 0.29) is 11.8 Å². The molecule has 2 heterocycles. The SMILES string of the molecule is COc1ccc(C(=O)N2CCC[C@@H](c3nc(-c4cc(OC)c(OC)c(OC)c4)no3)C2)cc1. The lowest BCUT2D eigenvalue weighted by Gasteiger charge is -2.31. The Labute approximate surface area is 192 Å². The Morgan fingerprint density at radius 1 is 1.00 bits per heavy atom. The molecule has 9 nitrogen and oxygen atoms in total. The smallest absolute Gasteiger partial charge is 0.253 e. The maximum absolute atomic E-state index is 13.0. The van der Waals surface area contributed by atoms with Gasteiger partial charge in [-0.15, -0.1) is 0 Å². The minimum absolute atomic E-state index is 0.0216. The van der Waals surface area contributed by atoms with Crippen molar-refractivity contribution in [3.8, 4) is 34.4 Å². The Bertz CT molecular complexity index is 1090. The zero-order valence-electron chi connectivity index (χ0n) is 19.2. The first kappa shape index (κ1) is 22.4. The van der Waals surface area contributed by atoms with Crippen LogP contribution in [0.5, 0.6) is 23.0 Å². The van der Waals surface area contributed by atoms with Crippen molar-refractivity contribution in [1.82, 2.24) is 15.0 Å². The minimum Gasteiger partial charge on any atom is -0.497 e. The van der Waals surface area contributed by atoms with Crippen LogP contribution in [0, 0.1) is 0 Å². The van der Waals surface area contributed by atoms with Gasteiger partial charge >= 0.3 is 0 Å². The zero-order chi connectivity index (χ0) is 23.4. The third-order valence-electron chi connectivity index (χ3n) is 5.76. The van der Waals surface area contributed by atoms with E-state index < -0.39 is 0 Å². The molecule has 0 N–H and O–H groups in total. The van der Waals surface area contributed by atoms with E-state index in [2.05, 4.69) is 10.1 Å². The van der Waals surface area contributed by atoms with Crippen LogP contribution in [-0.2, 0) is 0 Å². The summed E-state index contributed by atoms with van der Waals surface area (Å²) in [5.41, 5.74) is 1.31. The normalized spacial score (nSPS) is 15.8. The number of carbonyl (C=O) groups excluding carboxylic acids is 1. The van der Waals surface area contributed by atoms with Gasteiger partial charge in [-0.1, -0.05) is 5.16 Å². The van der Waals surface area contributed by atoms with E-state index in [4.69, 9.17) is 23.5 Å². The molecule has 2 aromatic carbocycles. The van der Waals surface area contributed by atoms with Gasteiger partial charge in [0.1, 0.15) is 5.75 Å². The summed E-state index contributed by atoms with van der Waals surface area (Å²) >= 11 is 0. The molecule has 0 bridgehead atoms. The van der Waals surface area contributed by atoms with Crippen molar-refractivity contribution in [3.63, 3.8) is 0 Å². The van der Waals surface area contributed by atoms with Crippen LogP contribution in [0.2, 0.25) is 0 Å². The first-order valence-corrected chi connectivity index (χ1v) is 10.6. The van der Waals surface area contributed by atoms with Gasteiger partial charge in [-0.3, -0.25) is 4.79 Å². The van der Waals surface area contributed by atoms with Crippen molar-refractivity contribution in [3.05, 3.63) is 47.9 Å². The molecule has 174 valence electrons. The Morgan fingerprint density at radius 3 is 2.30 bits per heavy atom. The second kappa shape index (κ2) is 9.81. The van der Waals surface area contributed by atoms with Gasteiger partial charge in [0.05, 0.1) is 34.4 Å². The summed E-state index contributed by atoms with van der Waals surface area (Å²) < 4.78 is 27.0. The Kier molecular flexibility index (Phi) is 6.67. The summed E-state index contributed by atoms with van der Waals surface area (Å²) in [5, 5.41) is 4.16. The van der Waals surface area contributed by atoms with E-state index in [0.29, 0.717) is 58.9 Å². The van der Waals surface area contributed by atoms with E-state index in [1.165, 1.54) is 0 Å². The van der Waals surface area contributed by atoms with Crippen LogP contribution in [0.25, 0.3) is 11.4 Å². The van der Waals surface area contributed by atoms with Gasteiger partial charge in [0.25, 0.3) is 5.91 Å². The van der Waals surface area contributed by atoms with E-state index >= 15 is 0 Å². The lowest BCUT2D eigenvalue weighted by molar-refractivity contribution is 0.0695. The number of piperidine rings is 1. The molecule has 1 amide bonds. The van der Waals surface area contributed by atoms with E-state index in [1.807, 2.05) is 4.90 Å². The van der Waals surface area contributed by atoms with Gasteiger partial charge in [-0.2, -0.15) is 4.98 Å². The van der Waals surface area contributed by atoms with Crippen molar-refractivity contribution in [2.75, 3.05) is 41.5 Å². The number of nitrogens with zero attached hydrogens (tertiary/aromatic N) is 3. The highest BCUT2D eigenvalue weighted by molar-refractivity contribution is 5.94. The van der Waals surface area contributed by atoms with Gasteiger partial charge < -0.3 is 28.4 Å². The lowest BCUT2D eigenvalue weighted by Crippen LogP contribution is -2.39. The van der Waals surface area contributed by atoms with Crippen LogP contribution in [0.4, 0.5) is 0 Å². The molecule has 1 aliphatic rings. The highest BCUT2D eigenvalue weighted by atomic mass is 16.5. The standard InChI is InChI=1S/C24H27N3O6/c1-29-18-9-7-15(8-10-18)24(28)27-11-5-6-16(14-27)23-25-22(26-33-23)17-12-19(30-2)21(32-4)20(13-17)31-3/h7-10,12-13,16H,5-6,11,14H2,1-4H3/t16-/m1/s1. The number of rotatable bonds is 7. The fourth-order valence-corrected chi connectivity index (χ4v) is 4.01. The number of methoxy groups -OCH3 is 4. The second-order valence-electron chi connectivity index (χ2n) is 7.69. The predicted molar refractivity (Wildman–Crippen MR) is 120 cm³/mol. The number of aromatic nitrogens is 2. The van der Waals surface area contributed by atoms with Crippen LogP contribution in [-0.4, -0.2) is 62.5 Å². The fourth-order valence-electron chi connectivity index (χ4n) is 4.01. The summed E-state index contributed by atoms with van der Waals surface area (Å²) in [6.45, 7) is 1.21. The number of benzene rings is 2. The first-order chi connectivity index (χ1) is 16.1. The van der Waals surface area contributed by atoms with Crippen molar-refractivity contribution >= 4 is 5.91 Å². The third kappa shape index (κ3) is 4.57. The van der Waals surface area contributed by atoms with Crippen LogP contribution >= 0.6 is 0 Å². The molecule has 0 radical (unpaired) electrons. The number of amides is 1. The quantitative estimate of drug-likeness (QED) is 0.533. The molecule has 1 fully saturated rings. The summed E-state index contributed by atoms with van der Waals surface area (Å²) in [4.78, 5) is 19.4. The molecule has 9 heteroatoms. The number of ether oxygens (including phenoxy) is 4. The Hall–Kier alpha value is -3.75. The van der Waals surface area contributed by atoms with Crippen LogP contribution < -0.4 is 18.9 Å². The molecule has 3 aromatic rings. The molecule has 0 aliphatic carbocycles. The number of carbonyl (C=O) groups is 1. The molecular weight excluding hydrogens is 426 g/mol. The van der Waals surface area contributed by atoms with Crippen LogP contribution in [0.15, 0.2) is 40.9 Å². The average Bonchev–Trinajstić information content (AvgIpc) is 3.38. The van der Waals surface area contributed by atoms with Crippen molar-refractivity contribution < 1.29 is 28.3 Å². The highest BCUT2D eigenvalue weighted by Gasteiger charge is 2.29. The summed E-state index contributed by atoms with van der Waals surface area (Å²) in [5.74, 6) is 3.09. The average molecular weight is 453 g/mol. The number of likely N-dealkylation sites (tertiary alicyclic amines) is 1. The van der Waals surface area contributed by atoms with E-state index in [9.17, 15) is 4.79 Å². The molecule has 1 aliphatic heterocycles. The zero-order valence-corrected chi connectivity index (χ0v) is 19.2. The van der Waals surface area contributed by atoms with Gasteiger partial charge in [0.2, 0.25) is 17.5 Å². The van der Waals surface area contributed by atoms with Crippen molar-refractivity contribution in [1.29, 1.82) is 0 Å². The Balaban J connectivity index is 1.53. The topological polar surface area (TPSA) is 96.2 Å². The summed E-state index contributed by atoms with van der Waals surface area (Å²) in [6, 6.07) is 10.7. The first-order valence-electron chi connectivity index (χ1n) is 10.6. The molecule has 0 saturated carbocycles. The molecule has 1 aromatic heterocycles. The second-order valence-corrected chi connectivity index (χ2v) is 7.69. The molecule has 0 spiro atoms. The molecule has 4 rings (SSSR count). The number of hydrogen-bond acceptors (Lipinski definition) is 8. The van der Waals surface area contributed by atoms with E-state index in [0.717, 1.165) is 12.8 Å². The van der Waals surface area contributed by atoms with Crippen molar-refractivity contribution in [2.24, 2.45) is 0 Å². The monoisotopic (exact) mass is 453 g/mol. The lowest BCUT2D eigenvalue weighted by atomic mass is 9.97. The maximum Gasteiger partial charge on any atom is 0.253 e. The molecule has 33 heavy (non-hydrogen) atoms. The van der Waals surface area contributed by atoms with Gasteiger partial charge in [0.15, 0.2) is 11.5 Å². The minimum atomic E-state index is -0.0377. The van der Waals surface area contributed by atoms with Crippen LogP contribution in [0.1, 0.15) is 35.0 Å². The van der Waals surface area contributed by atoms with Crippen molar-refractivity contribution in [2.45, 2.75) is 18.8 Å². The largest absolute Gasteiger partial charge is 0.497 e. The maximum atomic E-state index is 13.0. The molecule has 1 saturated heterocycles. The fraction of sp³-hybridized carbons (Fsp3) is 0.375. The molecular formula is C24H27N3O6. The predicted octanol–water partition coefficient (Wildman–Crippen LogP) is 3.79. The van der Waals surface area contributed by atoms with E-state index in [1.54, 1.807) is 64.8 Å². The molecule has 0 unspecified atom stereocenters. The molecule has 1 atom stereocenters. The Morgan fingerprint density at radius 2 is 1.70 bits per heavy atom. The van der Waals surface area contributed by atoms with Gasteiger partial charge in [-0.05, 0) is 49.2 Å². The van der Waals surface area contributed by atoms with Gasteiger partial charge in [0, 0.05) is 24.2 Å². The third-order valence-corrected chi connectivity index (χ3v) is 5.76. The van der Waals surface area contributed by atoms with Crippen LogP contribution in [0.3, 0.4) is 0 Å². The number of hydrogen-bond donors (Lipinski definition) is 0.